The average molecular weight is 571 g/mol. The highest BCUT2D eigenvalue weighted by Crippen LogP contribution is 2.30. The number of nitrogens with one attached hydrogen (secondary N) is 1. The van der Waals surface area contributed by atoms with E-state index in [1.54, 1.807) is 49.4 Å². The zero-order valence-corrected chi connectivity index (χ0v) is 21.0. The molecule has 9 nitrogen and oxygen atoms in total. The smallest absolute Gasteiger partial charge is 0.335 e. The Bertz CT molecular complexity index is 1460. The lowest BCUT2D eigenvalue weighted by Crippen LogP contribution is -2.54. The Labute approximate surface area is 218 Å². The number of barbiturate groups is 1. The summed E-state index contributed by atoms with van der Waals surface area (Å²) in [6, 6.07) is 14.6. The molecule has 0 spiro atoms. The summed E-state index contributed by atoms with van der Waals surface area (Å²) in [6.07, 6.45) is 1.29. The predicted molar refractivity (Wildman–Crippen MR) is 137 cm³/mol. The largest absolute Gasteiger partial charge is 0.488 e. The molecule has 182 valence electrons. The van der Waals surface area contributed by atoms with Crippen molar-refractivity contribution in [1.29, 1.82) is 0 Å². The van der Waals surface area contributed by atoms with E-state index >= 15 is 0 Å². The number of rotatable bonds is 6. The fourth-order valence-corrected chi connectivity index (χ4v) is 3.93. The Morgan fingerprint density at radius 1 is 1.11 bits per heavy atom. The van der Waals surface area contributed by atoms with Crippen LogP contribution in [0.5, 0.6) is 5.75 Å². The number of imide groups is 2. The van der Waals surface area contributed by atoms with Gasteiger partial charge in [-0.1, -0.05) is 39.7 Å². The van der Waals surface area contributed by atoms with E-state index in [4.69, 9.17) is 16.3 Å². The molecule has 0 atom stereocenters. The summed E-state index contributed by atoms with van der Waals surface area (Å²) in [5.41, 5.74) is 1.58. The van der Waals surface area contributed by atoms with Gasteiger partial charge in [-0.25, -0.2) is 9.69 Å². The van der Waals surface area contributed by atoms with Gasteiger partial charge >= 0.3 is 6.03 Å². The van der Waals surface area contributed by atoms with Crippen LogP contribution in [0.3, 0.4) is 0 Å². The van der Waals surface area contributed by atoms with Crippen LogP contribution in [0, 0.1) is 17.0 Å². The molecule has 3 aromatic carbocycles. The van der Waals surface area contributed by atoms with Gasteiger partial charge in [-0.15, -0.1) is 0 Å². The topological polar surface area (TPSA) is 119 Å². The first-order valence-corrected chi connectivity index (χ1v) is 11.6. The van der Waals surface area contributed by atoms with Gasteiger partial charge < -0.3 is 4.74 Å². The molecule has 4 rings (SSSR count). The van der Waals surface area contributed by atoms with Crippen molar-refractivity contribution in [2.45, 2.75) is 13.5 Å². The van der Waals surface area contributed by atoms with Crippen LogP contribution in [0.25, 0.3) is 6.08 Å². The number of halogens is 2. The monoisotopic (exact) mass is 569 g/mol. The van der Waals surface area contributed by atoms with Crippen molar-refractivity contribution in [3.63, 3.8) is 0 Å². The quantitative estimate of drug-likeness (QED) is 0.179. The highest BCUT2D eigenvalue weighted by Gasteiger charge is 2.37. The fourth-order valence-electron chi connectivity index (χ4n) is 3.50. The molecule has 0 radical (unpaired) electrons. The molecule has 3 aromatic rings. The second-order valence-electron chi connectivity index (χ2n) is 7.79. The molecule has 1 fully saturated rings. The number of carbonyl (C=O) groups is 3. The van der Waals surface area contributed by atoms with Gasteiger partial charge in [-0.2, -0.15) is 0 Å². The molecule has 0 aliphatic carbocycles. The van der Waals surface area contributed by atoms with E-state index < -0.39 is 22.8 Å². The first kappa shape index (κ1) is 25.1. The summed E-state index contributed by atoms with van der Waals surface area (Å²) in [6.45, 7) is 1.79. The van der Waals surface area contributed by atoms with E-state index in [0.717, 1.165) is 14.9 Å². The van der Waals surface area contributed by atoms with Crippen LogP contribution >= 0.6 is 27.5 Å². The van der Waals surface area contributed by atoms with Crippen molar-refractivity contribution in [2.24, 2.45) is 0 Å². The predicted octanol–water partition coefficient (Wildman–Crippen LogP) is 5.56. The zero-order chi connectivity index (χ0) is 26.0. The molecule has 1 saturated heterocycles. The van der Waals surface area contributed by atoms with Gasteiger partial charge in [0.25, 0.3) is 17.5 Å². The highest BCUT2D eigenvalue weighted by molar-refractivity contribution is 9.10. The molecule has 1 aliphatic heterocycles. The zero-order valence-electron chi connectivity index (χ0n) is 18.7. The number of hydrogen-bond donors (Lipinski definition) is 1. The highest BCUT2D eigenvalue weighted by atomic mass is 79.9. The minimum absolute atomic E-state index is 0.0115. The number of urea groups is 1. The van der Waals surface area contributed by atoms with E-state index in [0.29, 0.717) is 21.8 Å². The third kappa shape index (κ3) is 5.29. The first-order chi connectivity index (χ1) is 17.1. The molecule has 1 N–H and O–H groups in total. The number of non-ortho nitro benzene ring substituents is 1. The van der Waals surface area contributed by atoms with Gasteiger partial charge in [0, 0.05) is 27.2 Å². The van der Waals surface area contributed by atoms with Gasteiger partial charge in [0.2, 0.25) is 0 Å². The minimum Gasteiger partial charge on any atom is -0.488 e. The van der Waals surface area contributed by atoms with Crippen LogP contribution < -0.4 is 15.0 Å². The second-order valence-corrected chi connectivity index (χ2v) is 9.08. The number of ether oxygens (including phenoxy) is 1. The third-order valence-corrected chi connectivity index (χ3v) is 6.41. The number of hydrogen-bond acceptors (Lipinski definition) is 6. The van der Waals surface area contributed by atoms with Crippen LogP contribution in [0.4, 0.5) is 16.2 Å². The van der Waals surface area contributed by atoms with Crippen LogP contribution in [0.2, 0.25) is 5.02 Å². The van der Waals surface area contributed by atoms with Crippen LogP contribution in [-0.4, -0.2) is 22.8 Å². The number of aryl methyl sites for hydroxylation is 1. The summed E-state index contributed by atoms with van der Waals surface area (Å²) in [5.74, 6) is -1.39. The van der Waals surface area contributed by atoms with Crippen molar-refractivity contribution in [3.8, 4) is 5.75 Å². The Morgan fingerprint density at radius 2 is 1.89 bits per heavy atom. The number of nitro groups is 1. The van der Waals surface area contributed by atoms with Crippen molar-refractivity contribution in [2.75, 3.05) is 4.90 Å². The van der Waals surface area contributed by atoms with Gasteiger partial charge in [-0.3, -0.25) is 25.0 Å². The average Bonchev–Trinajstić information content (AvgIpc) is 2.83. The number of nitrogens with zero attached hydrogens (tertiary/aromatic N) is 2. The molecule has 1 aliphatic rings. The Balaban J connectivity index is 1.67. The van der Waals surface area contributed by atoms with Crippen molar-refractivity contribution < 1.29 is 24.0 Å². The summed E-state index contributed by atoms with van der Waals surface area (Å²) >= 11 is 9.52. The van der Waals surface area contributed by atoms with Crippen LogP contribution in [0.1, 0.15) is 16.7 Å². The number of nitro benzene ring substituents is 1. The standard InChI is InChI=1S/C25H17BrClN3O6/c1-14-9-18(6-7-21(14)26)29-24(32)20(23(31)28-25(29)33)12-16-11-17(27)5-8-22(16)36-13-15-3-2-4-19(10-15)30(34)35/h2-12H,13H2,1H3,(H,28,31,33)/b20-12-. The number of anilines is 1. The maximum Gasteiger partial charge on any atom is 0.335 e. The summed E-state index contributed by atoms with van der Waals surface area (Å²) in [4.78, 5) is 49.8. The Hall–Kier alpha value is -4.02. The lowest BCUT2D eigenvalue weighted by molar-refractivity contribution is -0.384. The van der Waals surface area contributed by atoms with Crippen molar-refractivity contribution in [3.05, 3.63) is 103 Å². The van der Waals surface area contributed by atoms with E-state index in [-0.39, 0.29) is 23.6 Å². The van der Waals surface area contributed by atoms with Gasteiger partial charge in [0.15, 0.2) is 0 Å². The Morgan fingerprint density at radius 3 is 2.61 bits per heavy atom. The molecular weight excluding hydrogens is 554 g/mol. The summed E-state index contributed by atoms with van der Waals surface area (Å²) < 4.78 is 6.63. The van der Waals surface area contributed by atoms with E-state index in [1.807, 2.05) is 0 Å². The molecular formula is C25H17BrClN3O6. The molecule has 4 amide bonds. The fraction of sp³-hybridized carbons (Fsp3) is 0.0800. The molecule has 36 heavy (non-hydrogen) atoms. The van der Waals surface area contributed by atoms with Gasteiger partial charge in [0.05, 0.1) is 10.6 Å². The van der Waals surface area contributed by atoms with Crippen LogP contribution in [-0.2, 0) is 16.2 Å². The minimum atomic E-state index is -0.864. The number of amides is 4. The lowest BCUT2D eigenvalue weighted by Gasteiger charge is -2.27. The lowest BCUT2D eigenvalue weighted by atomic mass is 10.1. The van der Waals surface area contributed by atoms with Crippen molar-refractivity contribution >= 4 is 62.8 Å². The number of carbonyl (C=O) groups excluding carboxylic acids is 3. The molecule has 0 saturated carbocycles. The van der Waals surface area contributed by atoms with Gasteiger partial charge in [-0.05, 0) is 60.5 Å². The molecule has 0 unspecified atom stereocenters. The SMILES string of the molecule is Cc1cc(N2C(=O)NC(=O)/C(=C/c3cc(Cl)ccc3OCc3cccc([N+](=O)[O-])c3)C2=O)ccc1Br. The second kappa shape index (κ2) is 10.3. The molecule has 0 aromatic heterocycles. The maximum atomic E-state index is 13.3. The van der Waals surface area contributed by atoms with E-state index in [1.165, 1.54) is 24.3 Å². The van der Waals surface area contributed by atoms with E-state index in [9.17, 15) is 24.5 Å². The Kier molecular flexibility index (Phi) is 7.18. The maximum absolute atomic E-state index is 13.3. The first-order valence-electron chi connectivity index (χ1n) is 10.5. The molecule has 11 heteroatoms. The van der Waals surface area contributed by atoms with Crippen LogP contribution in [0.15, 0.2) is 70.7 Å². The summed E-state index contributed by atoms with van der Waals surface area (Å²) in [7, 11) is 0. The molecule has 1 heterocycles. The van der Waals surface area contributed by atoms with E-state index in [2.05, 4.69) is 21.2 Å². The third-order valence-electron chi connectivity index (χ3n) is 5.29. The number of benzene rings is 3. The normalized spacial score (nSPS) is 14.7. The van der Waals surface area contributed by atoms with Gasteiger partial charge in [0.1, 0.15) is 17.9 Å². The summed E-state index contributed by atoms with van der Waals surface area (Å²) in [5, 5.41) is 13.5. The van der Waals surface area contributed by atoms with Crippen molar-refractivity contribution in [1.82, 2.24) is 5.32 Å². The molecule has 0 bridgehead atoms.